The van der Waals surface area contributed by atoms with Crippen molar-refractivity contribution >= 4 is 30.6 Å². The molecule has 1 fully saturated rings. The number of hydrogen-bond acceptors (Lipinski definition) is 5. The fraction of sp³-hybridized carbons (Fsp3) is 0.417. The highest BCUT2D eigenvalue weighted by Gasteiger charge is 2.51. The number of hydrogen-bond donors (Lipinski definition) is 1. The summed E-state index contributed by atoms with van der Waals surface area (Å²) in [6, 6.07) is 19.0. The van der Waals surface area contributed by atoms with Gasteiger partial charge in [-0.3, -0.25) is 4.79 Å². The molecule has 2 aromatic rings. The van der Waals surface area contributed by atoms with Crippen molar-refractivity contribution in [1.29, 1.82) is 0 Å². The van der Waals surface area contributed by atoms with Crippen LogP contribution in [0.15, 0.2) is 60.7 Å². The largest absolute Gasteiger partial charge is 0.467 e. The van der Waals surface area contributed by atoms with Crippen LogP contribution in [0.25, 0.3) is 0 Å². The second-order valence-corrected chi connectivity index (χ2v) is 13.2. The van der Waals surface area contributed by atoms with Gasteiger partial charge < -0.3 is 19.8 Å². The van der Waals surface area contributed by atoms with E-state index < -0.39 is 26.4 Å². The average Bonchev–Trinajstić information content (AvgIpc) is 3.09. The van der Waals surface area contributed by atoms with Gasteiger partial charge in [0.05, 0.1) is 19.8 Å². The van der Waals surface area contributed by atoms with Crippen LogP contribution in [0.3, 0.4) is 0 Å². The van der Waals surface area contributed by atoms with E-state index in [9.17, 15) is 9.59 Å². The second kappa shape index (κ2) is 9.34. The molecule has 1 aliphatic rings. The molecule has 0 aliphatic carbocycles. The molecule has 2 aromatic carbocycles. The van der Waals surface area contributed by atoms with Crippen LogP contribution in [0.1, 0.15) is 27.2 Å². The number of carbonyl (C=O) groups excluding carboxylic acids is 2. The zero-order chi connectivity index (χ0) is 22.6. The summed E-state index contributed by atoms with van der Waals surface area (Å²) in [4.78, 5) is 26.8. The Morgan fingerprint density at radius 3 is 2.00 bits per heavy atom. The molecule has 6 nitrogen and oxygen atoms in total. The topological polar surface area (TPSA) is 81.9 Å². The van der Waals surface area contributed by atoms with Crippen molar-refractivity contribution < 1.29 is 18.8 Å². The summed E-state index contributed by atoms with van der Waals surface area (Å²) in [5.74, 6) is -0.721. The van der Waals surface area contributed by atoms with E-state index >= 15 is 0 Å². The average molecular weight is 441 g/mol. The Labute approximate surface area is 185 Å². The quantitative estimate of drug-likeness (QED) is 0.523. The van der Waals surface area contributed by atoms with Crippen molar-refractivity contribution in [2.45, 2.75) is 44.3 Å². The number of ether oxygens (including phenoxy) is 1. The zero-order valence-corrected chi connectivity index (χ0v) is 19.7. The van der Waals surface area contributed by atoms with E-state index in [1.54, 1.807) is 0 Å². The molecular weight excluding hydrogens is 408 g/mol. The molecule has 7 heteroatoms. The number of carbonyl (C=O) groups is 2. The smallest absolute Gasteiger partial charge is 0.330 e. The Morgan fingerprint density at radius 1 is 1.10 bits per heavy atom. The van der Waals surface area contributed by atoms with Crippen LogP contribution in [-0.2, 0) is 18.8 Å². The summed E-state index contributed by atoms with van der Waals surface area (Å²) in [7, 11) is -1.51. The molecule has 1 unspecified atom stereocenters. The van der Waals surface area contributed by atoms with Gasteiger partial charge in [0.1, 0.15) is 0 Å². The summed E-state index contributed by atoms with van der Waals surface area (Å²) >= 11 is 0. The molecule has 2 atom stereocenters. The molecule has 1 amide bonds. The minimum atomic E-state index is -2.84. The normalized spacial score (nSPS) is 18.2. The van der Waals surface area contributed by atoms with Crippen molar-refractivity contribution in [3.05, 3.63) is 60.7 Å². The van der Waals surface area contributed by atoms with Gasteiger partial charge in [0.2, 0.25) is 5.91 Å². The highest BCUT2D eigenvalue weighted by molar-refractivity contribution is 6.99. The van der Waals surface area contributed by atoms with Crippen LogP contribution in [-0.4, -0.2) is 57.4 Å². The maximum absolute atomic E-state index is 12.7. The number of nitrogens with zero attached hydrogens (tertiary/aromatic N) is 1. The van der Waals surface area contributed by atoms with E-state index in [0.29, 0.717) is 13.0 Å². The van der Waals surface area contributed by atoms with Crippen molar-refractivity contribution in [3.8, 4) is 0 Å². The molecule has 0 saturated carbocycles. The lowest BCUT2D eigenvalue weighted by Gasteiger charge is -2.44. The number of rotatable bonds is 7. The van der Waals surface area contributed by atoms with E-state index in [1.807, 2.05) is 36.4 Å². The lowest BCUT2D eigenvalue weighted by atomic mass is 10.2. The first-order valence-corrected chi connectivity index (χ1v) is 12.5. The predicted molar refractivity (Wildman–Crippen MR) is 124 cm³/mol. The minimum Gasteiger partial charge on any atom is -0.467 e. The summed E-state index contributed by atoms with van der Waals surface area (Å²) in [6.45, 7) is 6.98. The molecule has 1 heterocycles. The third kappa shape index (κ3) is 4.44. The Hall–Kier alpha value is -2.48. The van der Waals surface area contributed by atoms with Crippen LogP contribution in [0.5, 0.6) is 0 Å². The fourth-order valence-corrected chi connectivity index (χ4v) is 8.98. The van der Waals surface area contributed by atoms with Gasteiger partial charge in [-0.2, -0.15) is 0 Å². The monoisotopic (exact) mass is 440 g/mol. The van der Waals surface area contributed by atoms with Crippen LogP contribution < -0.4 is 16.1 Å². The van der Waals surface area contributed by atoms with E-state index in [4.69, 9.17) is 14.9 Å². The van der Waals surface area contributed by atoms with E-state index in [-0.39, 0.29) is 17.6 Å². The van der Waals surface area contributed by atoms with Crippen LogP contribution in [0.2, 0.25) is 5.04 Å². The molecule has 0 spiro atoms. The molecule has 31 heavy (non-hydrogen) atoms. The third-order valence-corrected chi connectivity index (χ3v) is 11.0. The number of nitrogens with two attached hydrogens (primary N) is 1. The van der Waals surface area contributed by atoms with Gasteiger partial charge in [0.25, 0.3) is 8.32 Å². The van der Waals surface area contributed by atoms with Gasteiger partial charge >= 0.3 is 5.97 Å². The van der Waals surface area contributed by atoms with Crippen LogP contribution in [0.4, 0.5) is 0 Å². The van der Waals surface area contributed by atoms with E-state index in [2.05, 4.69) is 45.0 Å². The number of likely N-dealkylation sites (tertiary alicyclic amines) is 1. The Balaban J connectivity index is 2.06. The van der Waals surface area contributed by atoms with Gasteiger partial charge in [-0.05, 0) is 21.8 Å². The number of benzene rings is 2. The molecule has 0 radical (unpaired) electrons. The summed E-state index contributed by atoms with van der Waals surface area (Å²) < 4.78 is 11.9. The lowest BCUT2D eigenvalue weighted by molar-refractivity contribution is -0.152. The number of esters is 1. The fourth-order valence-electron chi connectivity index (χ4n) is 4.42. The molecule has 2 N–H and O–H groups in total. The maximum Gasteiger partial charge on any atom is 0.330 e. The zero-order valence-electron chi connectivity index (χ0n) is 18.7. The Bertz CT molecular complexity index is 859. The Morgan fingerprint density at radius 2 is 1.61 bits per heavy atom. The number of methoxy groups -OCH3 is 1. The standard InChI is InChI=1S/C24H32N2O4Si/c1-24(2,3)31(18-11-7-5-8-12-18,19-13-9-6-10-14-19)30-17-21(23(28)29-4)26-16-15-20(25)22(26)27/h5-14,20-21H,15-17,25H2,1-4H3/t20-,21?/m0/s1. The van der Waals surface area contributed by atoms with Crippen molar-refractivity contribution in [2.24, 2.45) is 5.73 Å². The molecule has 3 rings (SSSR count). The second-order valence-electron chi connectivity index (χ2n) is 8.94. The number of amides is 1. The van der Waals surface area contributed by atoms with Crippen molar-refractivity contribution in [2.75, 3.05) is 20.3 Å². The highest BCUT2D eigenvalue weighted by atomic mass is 28.4. The highest BCUT2D eigenvalue weighted by Crippen LogP contribution is 2.37. The van der Waals surface area contributed by atoms with Gasteiger partial charge in [-0.15, -0.1) is 0 Å². The van der Waals surface area contributed by atoms with Crippen molar-refractivity contribution in [3.63, 3.8) is 0 Å². The van der Waals surface area contributed by atoms with Gasteiger partial charge in [0, 0.05) is 6.54 Å². The summed E-state index contributed by atoms with van der Waals surface area (Å²) in [5, 5.41) is 1.99. The Kier molecular flexibility index (Phi) is 6.98. The SMILES string of the molecule is COC(=O)C(CO[Si](c1ccccc1)(c1ccccc1)C(C)(C)C)N1CC[C@H](N)C1=O. The maximum atomic E-state index is 12.7. The predicted octanol–water partition coefficient (Wildman–Crippen LogP) is 1.66. The molecule has 0 bridgehead atoms. The summed E-state index contributed by atoms with van der Waals surface area (Å²) in [6.07, 6.45) is 0.519. The molecular formula is C24H32N2O4Si. The third-order valence-electron chi connectivity index (χ3n) is 6.01. The van der Waals surface area contributed by atoms with Gasteiger partial charge in [0.15, 0.2) is 6.04 Å². The lowest BCUT2D eigenvalue weighted by Crippen LogP contribution is -2.67. The molecule has 0 aromatic heterocycles. The first-order valence-electron chi connectivity index (χ1n) is 10.6. The van der Waals surface area contributed by atoms with Crippen LogP contribution >= 0.6 is 0 Å². The van der Waals surface area contributed by atoms with Crippen molar-refractivity contribution in [1.82, 2.24) is 4.90 Å². The molecule has 1 saturated heterocycles. The summed E-state index contributed by atoms with van der Waals surface area (Å²) in [5.41, 5.74) is 5.91. The molecule has 166 valence electrons. The minimum absolute atomic E-state index is 0.0540. The van der Waals surface area contributed by atoms with Crippen LogP contribution in [0, 0.1) is 0 Å². The first kappa shape index (κ1) is 23.2. The molecule has 1 aliphatic heterocycles. The first-order chi connectivity index (χ1) is 14.7. The van der Waals surface area contributed by atoms with E-state index in [0.717, 1.165) is 10.4 Å². The van der Waals surface area contributed by atoms with Gasteiger partial charge in [-0.25, -0.2) is 4.79 Å². The van der Waals surface area contributed by atoms with E-state index in [1.165, 1.54) is 12.0 Å². The van der Waals surface area contributed by atoms with Gasteiger partial charge in [-0.1, -0.05) is 81.4 Å².